The molecule has 1 aliphatic rings. The molecule has 3 aromatic heterocycles. The molecule has 1 fully saturated rings. The van der Waals surface area contributed by atoms with Crippen molar-refractivity contribution in [2.45, 2.75) is 6.18 Å². The van der Waals surface area contributed by atoms with E-state index < -0.39 is 11.7 Å². The molecule has 0 radical (unpaired) electrons. The number of alkyl halides is 3. The summed E-state index contributed by atoms with van der Waals surface area (Å²) in [7, 11) is 0. The standard InChI is InChI=1S/C25H20F3N7O/c26-25(27,28)20-10-18(2-4-22(20)33-7-5-29-6-8-33)34-15-35(36)23-13-32-21-3-1-16(9-19(21)24(23)34)17-11-30-14-31-12-17/h1-4,9-15,29H,5-8H2. The molecule has 0 spiro atoms. The van der Waals surface area contributed by atoms with Crippen LogP contribution < -0.4 is 14.9 Å². The summed E-state index contributed by atoms with van der Waals surface area (Å²) in [5, 5.41) is 16.6. The fraction of sp³-hybridized carbons (Fsp3) is 0.200. The number of fused-ring (bicyclic) bond motifs is 3. The molecule has 0 atom stereocenters. The molecule has 6 rings (SSSR count). The van der Waals surface area contributed by atoms with Crippen LogP contribution in [0.25, 0.3) is 38.8 Å². The Labute approximate surface area is 203 Å². The monoisotopic (exact) mass is 491 g/mol. The molecule has 0 bridgehead atoms. The van der Waals surface area contributed by atoms with Crippen molar-refractivity contribution in [3.63, 3.8) is 0 Å². The maximum Gasteiger partial charge on any atom is 0.418 e. The predicted molar refractivity (Wildman–Crippen MR) is 129 cm³/mol. The zero-order valence-electron chi connectivity index (χ0n) is 18.9. The number of imidazole rings is 1. The van der Waals surface area contributed by atoms with E-state index in [1.165, 1.54) is 29.5 Å². The fourth-order valence-electron chi connectivity index (χ4n) is 4.71. The molecule has 36 heavy (non-hydrogen) atoms. The highest BCUT2D eigenvalue weighted by molar-refractivity contribution is 6.03. The third kappa shape index (κ3) is 3.77. The van der Waals surface area contributed by atoms with Crippen LogP contribution in [0.1, 0.15) is 5.56 Å². The molecule has 0 aliphatic carbocycles. The van der Waals surface area contributed by atoms with Crippen LogP contribution in [0.5, 0.6) is 0 Å². The lowest BCUT2D eigenvalue weighted by atomic mass is 10.0. The average Bonchev–Trinajstić information content (AvgIpc) is 3.25. The first kappa shape index (κ1) is 22.2. The molecule has 0 amide bonds. The van der Waals surface area contributed by atoms with Crippen LogP contribution in [0.4, 0.5) is 18.9 Å². The minimum absolute atomic E-state index is 0.136. The Kier molecular flexibility index (Phi) is 5.22. The van der Waals surface area contributed by atoms with Gasteiger partial charge in [-0.15, -0.1) is 0 Å². The van der Waals surface area contributed by atoms with Crippen molar-refractivity contribution >= 4 is 27.6 Å². The molecule has 2 aromatic carbocycles. The summed E-state index contributed by atoms with van der Waals surface area (Å²) in [6.45, 7) is 2.20. The van der Waals surface area contributed by atoms with E-state index in [4.69, 9.17) is 0 Å². The van der Waals surface area contributed by atoms with E-state index in [0.29, 0.717) is 47.3 Å². The number of benzene rings is 2. The van der Waals surface area contributed by atoms with Gasteiger partial charge >= 0.3 is 6.18 Å². The van der Waals surface area contributed by atoms with E-state index in [1.807, 2.05) is 12.1 Å². The van der Waals surface area contributed by atoms with Crippen molar-refractivity contribution in [1.82, 2.24) is 24.8 Å². The maximum absolute atomic E-state index is 14.2. The summed E-state index contributed by atoms with van der Waals surface area (Å²) < 4.78 is 44.6. The zero-order valence-corrected chi connectivity index (χ0v) is 18.9. The zero-order chi connectivity index (χ0) is 24.9. The number of piperazine rings is 1. The van der Waals surface area contributed by atoms with Crippen LogP contribution in [0, 0.1) is 5.21 Å². The number of rotatable bonds is 3. The Hall–Kier alpha value is -4.25. The van der Waals surface area contributed by atoms with Gasteiger partial charge in [0.2, 0.25) is 0 Å². The maximum atomic E-state index is 14.2. The number of halogens is 3. The van der Waals surface area contributed by atoms with Crippen molar-refractivity contribution in [1.29, 1.82) is 0 Å². The molecule has 11 heteroatoms. The fourth-order valence-corrected chi connectivity index (χ4v) is 4.71. The topological polar surface area (TPSA) is 85.8 Å². The van der Waals surface area contributed by atoms with Crippen LogP contribution >= 0.6 is 0 Å². The molecule has 1 aliphatic heterocycles. The Balaban J connectivity index is 1.56. The van der Waals surface area contributed by atoms with E-state index in [9.17, 15) is 18.4 Å². The lowest BCUT2D eigenvalue weighted by molar-refractivity contribution is -0.577. The highest BCUT2D eigenvalue weighted by atomic mass is 19.4. The number of hydrogen-bond acceptors (Lipinski definition) is 6. The third-order valence-corrected chi connectivity index (χ3v) is 6.43. The molecule has 5 aromatic rings. The van der Waals surface area contributed by atoms with Crippen molar-refractivity contribution in [2.24, 2.45) is 0 Å². The van der Waals surface area contributed by atoms with Crippen LogP contribution in [-0.2, 0) is 6.18 Å². The minimum atomic E-state index is -4.56. The van der Waals surface area contributed by atoms with Gasteiger partial charge in [0.05, 0.1) is 22.7 Å². The van der Waals surface area contributed by atoms with E-state index in [1.54, 1.807) is 29.4 Å². The molecule has 0 saturated carbocycles. The smallest absolute Gasteiger partial charge is 0.418 e. The van der Waals surface area contributed by atoms with Crippen molar-refractivity contribution in [3.05, 3.63) is 78.4 Å². The van der Waals surface area contributed by atoms with Gasteiger partial charge in [-0.25, -0.2) is 14.7 Å². The number of nitrogens with zero attached hydrogens (tertiary/aromatic N) is 6. The molecular formula is C25H20F3N7O. The van der Waals surface area contributed by atoms with Gasteiger partial charge in [0.25, 0.3) is 6.33 Å². The number of hydrogen-bond donors (Lipinski definition) is 1. The van der Waals surface area contributed by atoms with Crippen molar-refractivity contribution in [2.75, 3.05) is 31.1 Å². The Morgan fingerprint density at radius 1 is 0.944 bits per heavy atom. The van der Waals surface area contributed by atoms with Gasteiger partial charge in [0.1, 0.15) is 12.0 Å². The molecule has 182 valence electrons. The first-order chi connectivity index (χ1) is 17.4. The van der Waals surface area contributed by atoms with Gasteiger partial charge in [0, 0.05) is 49.8 Å². The largest absolute Gasteiger partial charge is 0.710 e. The number of anilines is 1. The van der Waals surface area contributed by atoms with Crippen molar-refractivity contribution in [3.8, 4) is 16.8 Å². The summed E-state index contributed by atoms with van der Waals surface area (Å²) in [6, 6.07) is 9.73. The molecule has 8 nitrogen and oxygen atoms in total. The first-order valence-electron chi connectivity index (χ1n) is 11.4. The molecule has 4 heterocycles. The van der Waals surface area contributed by atoms with E-state index in [-0.39, 0.29) is 16.9 Å². The van der Waals surface area contributed by atoms with Gasteiger partial charge in [-0.2, -0.15) is 17.7 Å². The minimum Gasteiger partial charge on any atom is -0.710 e. The van der Waals surface area contributed by atoms with E-state index >= 15 is 0 Å². The van der Waals surface area contributed by atoms with Crippen LogP contribution in [0.3, 0.4) is 0 Å². The highest BCUT2D eigenvalue weighted by Crippen LogP contribution is 2.39. The lowest BCUT2D eigenvalue weighted by Crippen LogP contribution is -2.44. The van der Waals surface area contributed by atoms with Crippen LogP contribution in [0.2, 0.25) is 0 Å². The van der Waals surface area contributed by atoms with Gasteiger partial charge in [0.15, 0.2) is 11.0 Å². The van der Waals surface area contributed by atoms with Crippen LogP contribution in [0.15, 0.2) is 67.6 Å². The van der Waals surface area contributed by atoms with Crippen molar-refractivity contribution < 1.29 is 17.9 Å². The number of nitrogens with one attached hydrogen (secondary N) is 1. The normalized spacial score (nSPS) is 14.6. The molecule has 1 saturated heterocycles. The highest BCUT2D eigenvalue weighted by Gasteiger charge is 2.36. The average molecular weight is 491 g/mol. The second-order valence-corrected chi connectivity index (χ2v) is 8.60. The second kappa shape index (κ2) is 8.45. The SMILES string of the molecule is [O-][n+]1cn(-c2ccc(N3CCNCC3)c(C(F)(F)F)c2)c2c3cc(-c4cncnc4)ccc3ncc21. The van der Waals surface area contributed by atoms with Gasteiger partial charge in [-0.05, 0) is 35.9 Å². The summed E-state index contributed by atoms with van der Waals surface area (Å²) in [5.74, 6) is 0. The summed E-state index contributed by atoms with van der Waals surface area (Å²) in [6.07, 6.45) is 2.88. The van der Waals surface area contributed by atoms with E-state index in [2.05, 4.69) is 20.3 Å². The Bertz CT molecular complexity index is 1580. The Morgan fingerprint density at radius 2 is 1.72 bits per heavy atom. The third-order valence-electron chi connectivity index (χ3n) is 6.43. The molecular weight excluding hydrogens is 471 g/mol. The summed E-state index contributed by atoms with van der Waals surface area (Å²) >= 11 is 0. The summed E-state index contributed by atoms with van der Waals surface area (Å²) in [4.78, 5) is 14.2. The lowest BCUT2D eigenvalue weighted by Gasteiger charge is -2.31. The predicted octanol–water partition coefficient (Wildman–Crippen LogP) is 3.70. The second-order valence-electron chi connectivity index (χ2n) is 8.60. The first-order valence-corrected chi connectivity index (χ1v) is 11.4. The molecule has 1 N–H and O–H groups in total. The van der Waals surface area contributed by atoms with Gasteiger partial charge in [-0.3, -0.25) is 4.98 Å². The molecule has 0 unspecified atom stereocenters. The van der Waals surface area contributed by atoms with E-state index in [0.717, 1.165) is 17.2 Å². The number of pyridine rings is 1. The quantitative estimate of drug-likeness (QED) is 0.306. The van der Waals surface area contributed by atoms with Gasteiger partial charge in [-0.1, -0.05) is 6.07 Å². The summed E-state index contributed by atoms with van der Waals surface area (Å²) in [5.41, 5.74) is 2.54. The number of aromatic nitrogens is 5. The Morgan fingerprint density at radius 3 is 2.47 bits per heavy atom. The van der Waals surface area contributed by atoms with Gasteiger partial charge < -0.3 is 15.4 Å². The van der Waals surface area contributed by atoms with Crippen LogP contribution in [-0.4, -0.2) is 45.7 Å².